The van der Waals surface area contributed by atoms with Gasteiger partial charge in [0.2, 0.25) is 11.8 Å². The van der Waals surface area contributed by atoms with Gasteiger partial charge in [0.1, 0.15) is 5.82 Å². The first-order chi connectivity index (χ1) is 10.6. The smallest absolute Gasteiger partial charge is 0.249 e. The quantitative estimate of drug-likeness (QED) is 0.752. The summed E-state index contributed by atoms with van der Waals surface area (Å²) >= 11 is 0. The Morgan fingerprint density at radius 3 is 2.82 bits per heavy atom. The van der Waals surface area contributed by atoms with Gasteiger partial charge in [-0.3, -0.25) is 9.59 Å². The van der Waals surface area contributed by atoms with Gasteiger partial charge in [-0.1, -0.05) is 12.5 Å². The number of fused-ring (bicyclic) bond motifs is 4. The van der Waals surface area contributed by atoms with Crippen molar-refractivity contribution in [3.63, 3.8) is 0 Å². The summed E-state index contributed by atoms with van der Waals surface area (Å²) in [5.74, 6) is 0.296. The first-order valence-electron chi connectivity index (χ1n) is 7.42. The molecule has 2 aromatic rings. The summed E-state index contributed by atoms with van der Waals surface area (Å²) < 4.78 is 0. The number of benzene rings is 1. The minimum atomic E-state index is -0.533. The number of aromatic nitrogens is 2. The SMILES string of the molecule is NC(=O)c1cccc2c1-c1cnc([nH]1)CCCCCC(=O)N2. The van der Waals surface area contributed by atoms with Gasteiger partial charge in [0, 0.05) is 18.4 Å². The van der Waals surface area contributed by atoms with E-state index in [1.165, 1.54) is 0 Å². The van der Waals surface area contributed by atoms with Gasteiger partial charge in [0.15, 0.2) is 0 Å². The van der Waals surface area contributed by atoms with Crippen molar-refractivity contribution in [1.82, 2.24) is 9.97 Å². The van der Waals surface area contributed by atoms with Crippen LogP contribution in [-0.4, -0.2) is 21.8 Å². The fraction of sp³-hybridized carbons (Fsp3) is 0.312. The van der Waals surface area contributed by atoms with Crippen LogP contribution in [0.5, 0.6) is 0 Å². The molecule has 1 aliphatic rings. The van der Waals surface area contributed by atoms with Crippen LogP contribution in [0.4, 0.5) is 5.69 Å². The van der Waals surface area contributed by atoms with Crippen LogP contribution in [0.2, 0.25) is 0 Å². The maximum absolute atomic E-state index is 12.1. The Morgan fingerprint density at radius 2 is 2.00 bits per heavy atom. The van der Waals surface area contributed by atoms with E-state index >= 15 is 0 Å². The highest BCUT2D eigenvalue weighted by Crippen LogP contribution is 2.31. The minimum Gasteiger partial charge on any atom is -0.366 e. The molecule has 6 heteroatoms. The van der Waals surface area contributed by atoms with Crippen molar-refractivity contribution in [3.05, 3.63) is 35.8 Å². The fourth-order valence-corrected chi connectivity index (χ4v) is 2.74. The minimum absolute atomic E-state index is 0.0526. The molecule has 2 bridgehead atoms. The van der Waals surface area contributed by atoms with Crippen LogP contribution in [-0.2, 0) is 11.2 Å². The molecule has 0 spiro atoms. The number of aryl methyl sites for hydroxylation is 1. The van der Waals surface area contributed by atoms with Crippen molar-refractivity contribution in [2.45, 2.75) is 32.1 Å². The number of primary amides is 1. The number of nitrogens with one attached hydrogen (secondary N) is 2. The fourth-order valence-electron chi connectivity index (χ4n) is 2.74. The number of hydrogen-bond acceptors (Lipinski definition) is 3. The molecule has 1 aliphatic heterocycles. The zero-order valence-electron chi connectivity index (χ0n) is 12.2. The molecule has 0 fully saturated rings. The van der Waals surface area contributed by atoms with Gasteiger partial charge in [0.25, 0.3) is 0 Å². The lowest BCUT2D eigenvalue weighted by atomic mass is 10.0. The van der Waals surface area contributed by atoms with Crippen molar-refractivity contribution in [2.24, 2.45) is 5.73 Å². The monoisotopic (exact) mass is 298 g/mol. The molecule has 2 heterocycles. The van der Waals surface area contributed by atoms with E-state index in [0.717, 1.165) is 31.5 Å². The lowest BCUT2D eigenvalue weighted by molar-refractivity contribution is -0.116. The number of H-pyrrole nitrogens is 1. The van der Waals surface area contributed by atoms with Crippen LogP contribution in [0.25, 0.3) is 11.3 Å². The number of hydrogen-bond donors (Lipinski definition) is 3. The zero-order chi connectivity index (χ0) is 15.5. The average molecular weight is 298 g/mol. The number of carbonyl (C=O) groups is 2. The van der Waals surface area contributed by atoms with E-state index in [4.69, 9.17) is 5.73 Å². The van der Waals surface area contributed by atoms with Crippen LogP contribution in [0, 0.1) is 0 Å². The molecule has 22 heavy (non-hydrogen) atoms. The predicted molar refractivity (Wildman–Crippen MR) is 83.3 cm³/mol. The molecule has 0 saturated heterocycles. The van der Waals surface area contributed by atoms with Gasteiger partial charge >= 0.3 is 0 Å². The Labute approximate surface area is 128 Å². The van der Waals surface area contributed by atoms with Gasteiger partial charge in [0.05, 0.1) is 23.1 Å². The van der Waals surface area contributed by atoms with Gasteiger partial charge in [-0.15, -0.1) is 0 Å². The molecule has 0 saturated carbocycles. The summed E-state index contributed by atoms with van der Waals surface area (Å²) in [6.07, 6.45) is 5.78. The molecular formula is C16H18N4O2. The van der Waals surface area contributed by atoms with Crippen LogP contribution in [0.3, 0.4) is 0 Å². The van der Waals surface area contributed by atoms with E-state index < -0.39 is 5.91 Å². The van der Waals surface area contributed by atoms with E-state index in [0.29, 0.717) is 28.9 Å². The van der Waals surface area contributed by atoms with Crippen LogP contribution in [0.1, 0.15) is 41.9 Å². The molecule has 2 amide bonds. The third kappa shape index (κ3) is 2.86. The third-order valence-electron chi connectivity index (χ3n) is 3.82. The molecule has 3 rings (SSSR count). The second-order valence-corrected chi connectivity index (χ2v) is 5.44. The molecule has 4 N–H and O–H groups in total. The third-order valence-corrected chi connectivity index (χ3v) is 3.82. The van der Waals surface area contributed by atoms with Crippen LogP contribution >= 0.6 is 0 Å². The normalized spacial score (nSPS) is 15.2. The van der Waals surface area contributed by atoms with Gasteiger partial charge < -0.3 is 16.0 Å². The molecule has 0 atom stereocenters. The van der Waals surface area contributed by atoms with E-state index in [1.54, 1.807) is 24.4 Å². The number of amides is 2. The summed E-state index contributed by atoms with van der Waals surface area (Å²) in [5, 5.41) is 2.88. The molecule has 1 aromatic carbocycles. The van der Waals surface area contributed by atoms with Gasteiger partial charge in [-0.05, 0) is 25.0 Å². The lowest BCUT2D eigenvalue weighted by Crippen LogP contribution is -2.16. The Kier molecular flexibility index (Phi) is 3.91. The van der Waals surface area contributed by atoms with Crippen LogP contribution in [0.15, 0.2) is 24.4 Å². The average Bonchev–Trinajstić information content (AvgIpc) is 2.94. The van der Waals surface area contributed by atoms with Crippen LogP contribution < -0.4 is 11.1 Å². The zero-order valence-corrected chi connectivity index (χ0v) is 12.2. The van der Waals surface area contributed by atoms with E-state index in [2.05, 4.69) is 15.3 Å². The molecule has 0 unspecified atom stereocenters. The maximum atomic E-state index is 12.1. The lowest BCUT2D eigenvalue weighted by Gasteiger charge is -2.13. The molecule has 0 aliphatic carbocycles. The van der Waals surface area contributed by atoms with E-state index in [1.807, 2.05) is 0 Å². The predicted octanol–water partition coefficient (Wildman–Crippen LogP) is 2.23. The standard InChI is InChI=1S/C16H18N4O2/c17-16(22)10-5-4-6-11-15(10)12-9-18-13(19-12)7-2-1-3-8-14(21)20-11/h4-6,9H,1-3,7-8H2,(H2,17,22)(H,18,19)(H,20,21). The second kappa shape index (κ2) is 6.01. The van der Waals surface area contributed by atoms with Crippen molar-refractivity contribution >= 4 is 17.5 Å². The highest BCUT2D eigenvalue weighted by molar-refractivity contribution is 6.05. The molecule has 0 radical (unpaired) electrons. The van der Waals surface area contributed by atoms with Crippen molar-refractivity contribution in [3.8, 4) is 11.3 Å². The topological polar surface area (TPSA) is 101 Å². The van der Waals surface area contributed by atoms with Crippen molar-refractivity contribution in [2.75, 3.05) is 5.32 Å². The maximum Gasteiger partial charge on any atom is 0.249 e. The molecule has 114 valence electrons. The van der Waals surface area contributed by atoms with Gasteiger partial charge in [-0.2, -0.15) is 0 Å². The Hall–Kier alpha value is -2.63. The summed E-state index contributed by atoms with van der Waals surface area (Å²) in [5.41, 5.74) is 7.72. The Balaban J connectivity index is 2.14. The number of aromatic amines is 1. The Morgan fingerprint density at radius 1 is 1.18 bits per heavy atom. The number of imidazole rings is 1. The van der Waals surface area contributed by atoms with Crippen molar-refractivity contribution in [1.29, 1.82) is 0 Å². The van der Waals surface area contributed by atoms with E-state index in [-0.39, 0.29) is 5.91 Å². The Bertz CT molecular complexity index is 721. The number of nitrogens with two attached hydrogens (primary N) is 1. The molecule has 1 aromatic heterocycles. The number of carbonyl (C=O) groups excluding carboxylic acids is 2. The summed E-state index contributed by atoms with van der Waals surface area (Å²) in [4.78, 5) is 31.4. The van der Waals surface area contributed by atoms with Crippen molar-refractivity contribution < 1.29 is 9.59 Å². The summed E-state index contributed by atoms with van der Waals surface area (Å²) in [7, 11) is 0. The van der Waals surface area contributed by atoms with E-state index in [9.17, 15) is 9.59 Å². The highest BCUT2D eigenvalue weighted by atomic mass is 16.2. The molecule has 6 nitrogen and oxygen atoms in total. The number of nitrogens with zero attached hydrogens (tertiary/aromatic N) is 1. The molecular weight excluding hydrogens is 280 g/mol. The highest BCUT2D eigenvalue weighted by Gasteiger charge is 2.18. The summed E-state index contributed by atoms with van der Waals surface area (Å²) in [6.45, 7) is 0. The first-order valence-corrected chi connectivity index (χ1v) is 7.42. The largest absolute Gasteiger partial charge is 0.366 e. The summed E-state index contributed by atoms with van der Waals surface area (Å²) in [6, 6.07) is 5.13. The first kappa shape index (κ1) is 14.3. The van der Waals surface area contributed by atoms with Gasteiger partial charge in [-0.25, -0.2) is 4.98 Å². The number of rotatable bonds is 1. The number of anilines is 1. The second-order valence-electron chi connectivity index (χ2n) is 5.44.